The third-order valence-corrected chi connectivity index (χ3v) is 11.0. The Morgan fingerprint density at radius 3 is 2.67 bits per heavy atom. The number of allylic oxidation sites excluding steroid dienone is 1. The highest BCUT2D eigenvalue weighted by Crippen LogP contribution is 2.40. The number of nitrogens with two attached hydrogens (primary N) is 1. The number of fused-ring (bicyclic) bond motifs is 1. The molecule has 0 bridgehead atoms. The molecule has 3 N–H and O–H groups in total. The highest BCUT2D eigenvalue weighted by atomic mass is 32.2. The molecule has 3 unspecified atom stereocenters. The molecule has 1 aromatic carbocycles. The van der Waals surface area contributed by atoms with Gasteiger partial charge in [0, 0.05) is 22.2 Å². The van der Waals surface area contributed by atoms with Crippen LogP contribution in [-0.2, 0) is 4.79 Å². The third-order valence-electron chi connectivity index (χ3n) is 8.48. The molecule has 2 saturated carbocycles. The highest BCUT2D eigenvalue weighted by molar-refractivity contribution is 8.14. The molecule has 1 aromatic rings. The van der Waals surface area contributed by atoms with E-state index in [0.29, 0.717) is 23.4 Å². The van der Waals surface area contributed by atoms with Crippen LogP contribution in [0.4, 0.5) is 0 Å². The smallest absolute Gasteiger partial charge is 0.234 e. The van der Waals surface area contributed by atoms with E-state index >= 15 is 0 Å². The Kier molecular flexibility index (Phi) is 9.02. The molecule has 36 heavy (non-hydrogen) atoms. The van der Waals surface area contributed by atoms with Crippen molar-refractivity contribution in [2.45, 2.75) is 99.8 Å². The monoisotopic (exact) mass is 526 g/mol. The molecule has 196 valence electrons. The maximum atomic E-state index is 12.9. The van der Waals surface area contributed by atoms with Crippen molar-refractivity contribution in [2.75, 3.05) is 13.1 Å². The lowest BCUT2D eigenvalue weighted by Crippen LogP contribution is -2.44. The van der Waals surface area contributed by atoms with Crippen molar-refractivity contribution >= 4 is 39.5 Å². The number of nitrogens with one attached hydrogen (secondary N) is 1. The molecule has 2 aliphatic carbocycles. The van der Waals surface area contributed by atoms with Crippen molar-refractivity contribution in [3.8, 4) is 0 Å². The van der Waals surface area contributed by atoms with E-state index < -0.39 is 0 Å². The van der Waals surface area contributed by atoms with Crippen LogP contribution in [0.15, 0.2) is 41.4 Å². The number of amides is 1. The van der Waals surface area contributed by atoms with Gasteiger partial charge in [-0.2, -0.15) is 0 Å². The van der Waals surface area contributed by atoms with Crippen LogP contribution in [-0.4, -0.2) is 57.7 Å². The number of hydrogen-bond acceptors (Lipinski definition) is 6. The number of carbonyl (C=O) groups is 1. The number of hydrogen-bond donors (Lipinski definition) is 2. The molecular weight excluding hydrogens is 484 g/mol. The lowest BCUT2D eigenvalue weighted by Gasteiger charge is -2.39. The highest BCUT2D eigenvalue weighted by Gasteiger charge is 2.37. The summed E-state index contributed by atoms with van der Waals surface area (Å²) in [5.41, 5.74) is 7.23. The lowest BCUT2D eigenvalue weighted by atomic mass is 9.83. The summed E-state index contributed by atoms with van der Waals surface area (Å²) in [6.45, 7) is 4.72. The Hall–Kier alpha value is -1.44. The van der Waals surface area contributed by atoms with Crippen molar-refractivity contribution in [3.63, 3.8) is 0 Å². The number of benzene rings is 1. The van der Waals surface area contributed by atoms with Gasteiger partial charge in [0.05, 0.1) is 11.3 Å². The van der Waals surface area contributed by atoms with Gasteiger partial charge in [-0.15, -0.1) is 11.8 Å². The van der Waals surface area contributed by atoms with E-state index in [1.165, 1.54) is 68.5 Å². The first-order chi connectivity index (χ1) is 17.6. The second-order valence-corrected chi connectivity index (χ2v) is 13.5. The zero-order valence-corrected chi connectivity index (χ0v) is 23.2. The van der Waals surface area contributed by atoms with Gasteiger partial charge in [0.15, 0.2) is 5.17 Å². The predicted molar refractivity (Wildman–Crippen MR) is 155 cm³/mol. The largest absolute Gasteiger partial charge is 0.379 e. The number of aliphatic imine (C=N–C) groups is 1. The van der Waals surface area contributed by atoms with Gasteiger partial charge in [-0.05, 0) is 88.8 Å². The zero-order valence-electron chi connectivity index (χ0n) is 21.6. The normalized spacial score (nSPS) is 32.2. The van der Waals surface area contributed by atoms with Crippen molar-refractivity contribution in [1.29, 1.82) is 0 Å². The molecule has 0 saturated heterocycles. The second kappa shape index (κ2) is 12.4. The second-order valence-electron chi connectivity index (χ2n) is 11.0. The van der Waals surface area contributed by atoms with Crippen LogP contribution < -0.4 is 11.1 Å². The van der Waals surface area contributed by atoms with Crippen LogP contribution in [0.2, 0.25) is 0 Å². The summed E-state index contributed by atoms with van der Waals surface area (Å²) in [7, 11) is 0. The Morgan fingerprint density at radius 2 is 1.89 bits per heavy atom. The van der Waals surface area contributed by atoms with Crippen LogP contribution in [0, 0.1) is 5.92 Å². The summed E-state index contributed by atoms with van der Waals surface area (Å²) in [5.74, 6) is 1.02. The average molecular weight is 527 g/mol. The predicted octanol–water partition coefficient (Wildman–Crippen LogP) is 5.66. The van der Waals surface area contributed by atoms with E-state index in [1.54, 1.807) is 11.8 Å². The molecule has 1 amide bonds. The number of thioether (sulfide) groups is 2. The maximum absolute atomic E-state index is 12.9. The SMILES string of the molecule is CCCN(CCC1CCC(NC(=O)C2CC=C(c3ccccc3)S2)CC1)[C@H]1CCC2N=C(N)SC2C1. The number of nitrogens with zero attached hydrogens (tertiary/aromatic N) is 2. The molecule has 4 aliphatic rings. The van der Waals surface area contributed by atoms with E-state index in [2.05, 4.69) is 52.5 Å². The number of rotatable bonds is 9. The zero-order chi connectivity index (χ0) is 24.9. The van der Waals surface area contributed by atoms with Gasteiger partial charge in [-0.25, -0.2) is 0 Å². The average Bonchev–Trinajstić information content (AvgIpc) is 3.54. The van der Waals surface area contributed by atoms with Gasteiger partial charge >= 0.3 is 0 Å². The molecule has 2 aliphatic heterocycles. The minimum absolute atomic E-state index is 0.0226. The number of carbonyl (C=O) groups excluding carboxylic acids is 1. The molecule has 0 spiro atoms. The van der Waals surface area contributed by atoms with Gasteiger partial charge < -0.3 is 16.0 Å². The minimum atomic E-state index is 0.0226. The standard InChI is InChI=1S/C29H42N4OS2/c1-2-17-33(23-12-13-24-27(19-23)36-29(30)32-24)18-16-20-8-10-22(11-9-20)31-28(34)26-15-14-25(35-26)21-6-4-3-5-7-21/h3-7,14,20,22-24,26-27H,2,8-13,15-19H2,1H3,(H2,30,32)(H,31,34)/t20?,22?,23-,24?,26?,27?/m0/s1. The number of amidine groups is 1. The van der Waals surface area contributed by atoms with Crippen LogP contribution in [0.25, 0.3) is 4.91 Å². The summed E-state index contributed by atoms with van der Waals surface area (Å²) >= 11 is 3.53. The lowest BCUT2D eigenvalue weighted by molar-refractivity contribution is -0.121. The van der Waals surface area contributed by atoms with Crippen LogP contribution >= 0.6 is 23.5 Å². The molecule has 2 fully saturated rings. The molecule has 0 aromatic heterocycles. The van der Waals surface area contributed by atoms with E-state index in [-0.39, 0.29) is 11.2 Å². The van der Waals surface area contributed by atoms with E-state index in [4.69, 9.17) is 5.73 Å². The van der Waals surface area contributed by atoms with Gasteiger partial charge in [0.1, 0.15) is 0 Å². The Bertz CT molecular complexity index is 944. The van der Waals surface area contributed by atoms with Crippen molar-refractivity contribution in [1.82, 2.24) is 10.2 Å². The first kappa shape index (κ1) is 26.2. The molecule has 4 atom stereocenters. The fourth-order valence-corrected chi connectivity index (χ4v) is 8.78. The van der Waals surface area contributed by atoms with E-state index in [0.717, 1.165) is 30.3 Å². The van der Waals surface area contributed by atoms with Crippen LogP contribution in [0.3, 0.4) is 0 Å². The first-order valence-electron chi connectivity index (χ1n) is 14.1. The topological polar surface area (TPSA) is 70.7 Å². The third kappa shape index (κ3) is 6.51. The minimum Gasteiger partial charge on any atom is -0.379 e. The van der Waals surface area contributed by atoms with Gasteiger partial charge in [0.2, 0.25) is 5.91 Å². The summed E-state index contributed by atoms with van der Waals surface area (Å²) in [4.78, 5) is 21.6. The Balaban J connectivity index is 1.02. The van der Waals surface area contributed by atoms with Crippen molar-refractivity contribution in [2.24, 2.45) is 16.6 Å². The molecule has 2 heterocycles. The van der Waals surface area contributed by atoms with Crippen LogP contribution in [0.1, 0.15) is 76.7 Å². The van der Waals surface area contributed by atoms with Crippen LogP contribution in [0.5, 0.6) is 0 Å². The molecule has 0 radical (unpaired) electrons. The van der Waals surface area contributed by atoms with Gasteiger partial charge in [-0.1, -0.05) is 55.1 Å². The first-order valence-corrected chi connectivity index (χ1v) is 15.8. The van der Waals surface area contributed by atoms with E-state index in [1.807, 2.05) is 17.8 Å². The van der Waals surface area contributed by atoms with E-state index in [9.17, 15) is 4.79 Å². The Morgan fingerprint density at radius 1 is 1.08 bits per heavy atom. The molecule has 7 heteroatoms. The molecule has 5 rings (SSSR count). The van der Waals surface area contributed by atoms with Crippen molar-refractivity contribution in [3.05, 3.63) is 42.0 Å². The fourth-order valence-electron chi connectivity index (χ4n) is 6.46. The Labute approximate surface area is 225 Å². The molecule has 5 nitrogen and oxygen atoms in total. The van der Waals surface area contributed by atoms with Gasteiger partial charge in [-0.3, -0.25) is 9.79 Å². The summed E-state index contributed by atoms with van der Waals surface area (Å²) in [6, 6.07) is 11.9. The quantitative estimate of drug-likeness (QED) is 0.434. The summed E-state index contributed by atoms with van der Waals surface area (Å²) < 4.78 is 0. The molecular formula is C29H42N4OS2. The van der Waals surface area contributed by atoms with Gasteiger partial charge in [0.25, 0.3) is 0 Å². The summed E-state index contributed by atoms with van der Waals surface area (Å²) in [6.07, 6.45) is 14.0. The summed E-state index contributed by atoms with van der Waals surface area (Å²) in [5, 5.41) is 4.81. The van der Waals surface area contributed by atoms with Crippen molar-refractivity contribution < 1.29 is 4.79 Å². The maximum Gasteiger partial charge on any atom is 0.234 e. The fraction of sp³-hybridized carbons (Fsp3) is 0.655.